The Bertz CT molecular complexity index is 181. The maximum atomic E-state index is 10.6. The molecular formula is C6H11O3P. The van der Waals surface area contributed by atoms with Crippen LogP contribution in [0.1, 0.15) is 19.3 Å². The van der Waals surface area contributed by atoms with E-state index in [-0.39, 0.29) is 0 Å². The predicted octanol–water partition coefficient (Wildman–Crippen LogP) is 1.27. The highest BCUT2D eigenvalue weighted by molar-refractivity contribution is 7.52. The minimum atomic E-state index is -3.83. The van der Waals surface area contributed by atoms with Crippen LogP contribution in [0, 0.1) is 0 Å². The van der Waals surface area contributed by atoms with Crippen LogP contribution in [-0.4, -0.2) is 15.4 Å². The average molecular weight is 162 g/mol. The van der Waals surface area contributed by atoms with E-state index in [0.717, 1.165) is 12.8 Å². The molecule has 4 heteroatoms. The molecule has 1 atom stereocenters. The van der Waals surface area contributed by atoms with Gasteiger partial charge in [-0.05, 0) is 19.3 Å². The van der Waals surface area contributed by atoms with Crippen molar-refractivity contribution >= 4 is 7.60 Å². The predicted molar refractivity (Wildman–Crippen MR) is 38.8 cm³/mol. The van der Waals surface area contributed by atoms with Gasteiger partial charge in [-0.2, -0.15) is 0 Å². The molecule has 1 rings (SSSR count). The van der Waals surface area contributed by atoms with Gasteiger partial charge >= 0.3 is 7.60 Å². The number of hydrogen-bond acceptors (Lipinski definition) is 1. The zero-order valence-electron chi connectivity index (χ0n) is 5.60. The van der Waals surface area contributed by atoms with Gasteiger partial charge in [0.05, 0.1) is 5.66 Å². The van der Waals surface area contributed by atoms with Crippen LogP contribution < -0.4 is 0 Å². The molecule has 2 N–H and O–H groups in total. The van der Waals surface area contributed by atoms with E-state index < -0.39 is 13.3 Å². The van der Waals surface area contributed by atoms with Crippen molar-refractivity contribution in [2.24, 2.45) is 0 Å². The molecule has 1 aliphatic rings. The first-order chi connectivity index (χ1) is 4.61. The Morgan fingerprint density at radius 1 is 1.50 bits per heavy atom. The zero-order valence-corrected chi connectivity index (χ0v) is 6.50. The monoisotopic (exact) mass is 162 g/mol. The van der Waals surface area contributed by atoms with E-state index in [1.54, 1.807) is 6.08 Å². The number of hydrogen-bond donors (Lipinski definition) is 2. The van der Waals surface area contributed by atoms with E-state index >= 15 is 0 Å². The molecule has 58 valence electrons. The van der Waals surface area contributed by atoms with Crippen LogP contribution in [-0.2, 0) is 4.57 Å². The van der Waals surface area contributed by atoms with Crippen molar-refractivity contribution in [1.29, 1.82) is 0 Å². The van der Waals surface area contributed by atoms with E-state index in [0.29, 0.717) is 6.42 Å². The summed E-state index contributed by atoms with van der Waals surface area (Å²) in [5.41, 5.74) is -0.513. The van der Waals surface area contributed by atoms with Gasteiger partial charge in [0.2, 0.25) is 0 Å². The normalized spacial score (nSPS) is 26.8. The molecule has 0 aromatic carbocycles. The highest BCUT2D eigenvalue weighted by atomic mass is 31.2. The van der Waals surface area contributed by atoms with E-state index in [9.17, 15) is 4.57 Å². The van der Waals surface area contributed by atoms with Gasteiger partial charge in [-0.3, -0.25) is 4.57 Å². The lowest BCUT2D eigenvalue weighted by molar-refractivity contribution is 0.360. The fourth-order valence-electron chi connectivity index (χ4n) is 1.07. The Labute approximate surface area is 59.9 Å². The summed E-state index contributed by atoms with van der Waals surface area (Å²) < 4.78 is 10.6. The molecule has 1 unspecified atom stereocenters. The second-order valence-electron chi connectivity index (χ2n) is 2.52. The van der Waals surface area contributed by atoms with Gasteiger partial charge in [0.15, 0.2) is 0 Å². The standard InChI is InChI=1S/C6H11O3P/c7-10(8,9)6-4-2-1-3-5-6/h2,4,6H,1,3,5H2,(H2,7,8,9). The van der Waals surface area contributed by atoms with Gasteiger partial charge < -0.3 is 9.79 Å². The van der Waals surface area contributed by atoms with Crippen molar-refractivity contribution in [2.75, 3.05) is 0 Å². The van der Waals surface area contributed by atoms with Gasteiger partial charge in [-0.1, -0.05) is 12.2 Å². The van der Waals surface area contributed by atoms with Crippen molar-refractivity contribution in [3.05, 3.63) is 12.2 Å². The smallest absolute Gasteiger partial charge is 0.324 e. The fraction of sp³-hybridized carbons (Fsp3) is 0.667. The van der Waals surface area contributed by atoms with Crippen molar-refractivity contribution in [3.63, 3.8) is 0 Å². The van der Waals surface area contributed by atoms with Gasteiger partial charge in [0, 0.05) is 0 Å². The highest BCUT2D eigenvalue weighted by Crippen LogP contribution is 2.45. The lowest BCUT2D eigenvalue weighted by Crippen LogP contribution is -2.07. The van der Waals surface area contributed by atoms with Gasteiger partial charge in [0.25, 0.3) is 0 Å². The lowest BCUT2D eigenvalue weighted by atomic mass is 10.1. The van der Waals surface area contributed by atoms with Crippen molar-refractivity contribution in [1.82, 2.24) is 0 Å². The maximum absolute atomic E-state index is 10.6. The molecule has 0 radical (unpaired) electrons. The third-order valence-corrected chi connectivity index (χ3v) is 2.96. The number of rotatable bonds is 1. The average Bonchev–Trinajstić information content (AvgIpc) is 1.88. The molecule has 0 aromatic heterocycles. The minimum Gasteiger partial charge on any atom is -0.324 e. The van der Waals surface area contributed by atoms with E-state index in [1.165, 1.54) is 0 Å². The molecule has 0 bridgehead atoms. The molecule has 0 saturated heterocycles. The third-order valence-electron chi connectivity index (χ3n) is 1.66. The molecule has 0 amide bonds. The molecule has 10 heavy (non-hydrogen) atoms. The van der Waals surface area contributed by atoms with Gasteiger partial charge in [0.1, 0.15) is 0 Å². The summed E-state index contributed by atoms with van der Waals surface area (Å²) in [6.45, 7) is 0. The molecule has 0 saturated carbocycles. The Kier molecular flexibility index (Phi) is 2.29. The van der Waals surface area contributed by atoms with E-state index in [2.05, 4.69) is 0 Å². The van der Waals surface area contributed by atoms with E-state index in [4.69, 9.17) is 9.79 Å². The topological polar surface area (TPSA) is 57.5 Å². The van der Waals surface area contributed by atoms with Crippen LogP contribution in [0.3, 0.4) is 0 Å². The number of allylic oxidation sites excluding steroid dienone is 2. The minimum absolute atomic E-state index is 0.513. The van der Waals surface area contributed by atoms with Crippen molar-refractivity contribution in [2.45, 2.75) is 24.9 Å². The first-order valence-corrected chi connectivity index (χ1v) is 5.01. The van der Waals surface area contributed by atoms with Crippen molar-refractivity contribution in [3.8, 4) is 0 Å². The SMILES string of the molecule is O=P(O)(O)C1C=CCCC1. The molecule has 1 aliphatic carbocycles. The summed E-state index contributed by atoms with van der Waals surface area (Å²) >= 11 is 0. The van der Waals surface area contributed by atoms with Crippen LogP contribution in [0.5, 0.6) is 0 Å². The van der Waals surface area contributed by atoms with Crippen LogP contribution >= 0.6 is 7.60 Å². The summed E-state index contributed by atoms with van der Waals surface area (Å²) in [4.78, 5) is 17.4. The molecule has 0 heterocycles. The second-order valence-corrected chi connectivity index (χ2v) is 4.36. The Morgan fingerprint density at radius 3 is 2.50 bits per heavy atom. The summed E-state index contributed by atoms with van der Waals surface area (Å²) in [5, 5.41) is 0. The summed E-state index contributed by atoms with van der Waals surface area (Å²) in [7, 11) is -3.83. The third kappa shape index (κ3) is 1.94. The van der Waals surface area contributed by atoms with Crippen LogP contribution in [0.4, 0.5) is 0 Å². The largest absolute Gasteiger partial charge is 0.332 e. The molecule has 0 aliphatic heterocycles. The zero-order chi connectivity index (χ0) is 7.61. The Balaban J connectivity index is 2.64. The fourth-order valence-corrected chi connectivity index (χ4v) is 1.94. The first kappa shape index (κ1) is 7.99. The van der Waals surface area contributed by atoms with Crippen molar-refractivity contribution < 1.29 is 14.4 Å². The van der Waals surface area contributed by atoms with Crippen LogP contribution in [0.15, 0.2) is 12.2 Å². The highest BCUT2D eigenvalue weighted by Gasteiger charge is 2.26. The second kappa shape index (κ2) is 2.87. The summed E-state index contributed by atoms with van der Waals surface area (Å²) in [5.74, 6) is 0. The molecule has 0 spiro atoms. The van der Waals surface area contributed by atoms with Crippen LogP contribution in [0.25, 0.3) is 0 Å². The maximum Gasteiger partial charge on any atom is 0.332 e. The lowest BCUT2D eigenvalue weighted by Gasteiger charge is -2.16. The summed E-state index contributed by atoms with van der Waals surface area (Å²) in [6.07, 6.45) is 5.95. The molecule has 0 fully saturated rings. The van der Waals surface area contributed by atoms with E-state index in [1.807, 2.05) is 6.08 Å². The first-order valence-electron chi connectivity index (χ1n) is 3.32. The quantitative estimate of drug-likeness (QED) is 0.451. The Morgan fingerprint density at radius 2 is 2.20 bits per heavy atom. The van der Waals surface area contributed by atoms with Gasteiger partial charge in [-0.15, -0.1) is 0 Å². The molecule has 3 nitrogen and oxygen atoms in total. The molecule has 0 aromatic rings. The Hall–Kier alpha value is -0.110. The van der Waals surface area contributed by atoms with Crippen LogP contribution in [0.2, 0.25) is 0 Å². The van der Waals surface area contributed by atoms with Gasteiger partial charge in [-0.25, -0.2) is 0 Å². The molecular weight excluding hydrogens is 151 g/mol. The summed E-state index contributed by atoms with van der Waals surface area (Å²) in [6, 6.07) is 0.